The summed E-state index contributed by atoms with van der Waals surface area (Å²) in [6, 6.07) is -0.589. The number of aryl methyl sites for hydroxylation is 1. The van der Waals surface area contributed by atoms with Crippen LogP contribution in [-0.4, -0.2) is 48.8 Å². The van der Waals surface area contributed by atoms with E-state index in [1.54, 1.807) is 6.92 Å². The molecule has 1 aliphatic rings. The van der Waals surface area contributed by atoms with E-state index in [2.05, 4.69) is 4.98 Å². The first-order valence-electron chi connectivity index (χ1n) is 8.06. The number of nitrogens with zero attached hydrogens (tertiary/aromatic N) is 4. The summed E-state index contributed by atoms with van der Waals surface area (Å²) in [6.07, 6.45) is 1.67. The summed E-state index contributed by atoms with van der Waals surface area (Å²) >= 11 is 0. The first-order chi connectivity index (χ1) is 11.6. The van der Waals surface area contributed by atoms with Crippen molar-refractivity contribution in [2.45, 2.75) is 46.7 Å². The van der Waals surface area contributed by atoms with Crippen LogP contribution in [0, 0.1) is 23.0 Å². The topological polar surface area (TPSA) is 119 Å². The fourth-order valence-electron chi connectivity index (χ4n) is 3.07. The number of ketones is 1. The molecule has 1 aromatic heterocycles. The van der Waals surface area contributed by atoms with Gasteiger partial charge in [-0.2, -0.15) is 0 Å². The molecule has 2 heterocycles. The molecule has 1 unspecified atom stereocenters. The van der Waals surface area contributed by atoms with Crippen molar-refractivity contribution in [2.24, 2.45) is 5.92 Å². The lowest BCUT2D eigenvalue weighted by molar-refractivity contribution is -0.392. The molecule has 1 aromatic rings. The Morgan fingerprint density at radius 2 is 2.08 bits per heavy atom. The van der Waals surface area contributed by atoms with Gasteiger partial charge in [0.25, 0.3) is 5.91 Å². The summed E-state index contributed by atoms with van der Waals surface area (Å²) in [4.78, 5) is 40.1. The minimum absolute atomic E-state index is 0.134. The Balaban J connectivity index is 2.26. The van der Waals surface area contributed by atoms with Crippen molar-refractivity contribution >= 4 is 17.5 Å². The molecule has 1 aliphatic heterocycles. The van der Waals surface area contributed by atoms with Gasteiger partial charge in [-0.05, 0) is 24.2 Å². The number of nitro groups is 1. The van der Waals surface area contributed by atoms with Gasteiger partial charge in [0.1, 0.15) is 24.1 Å². The molecule has 0 fully saturated rings. The number of aromatic nitrogens is 2. The molecule has 0 spiro atoms. The van der Waals surface area contributed by atoms with E-state index in [4.69, 9.17) is 0 Å². The summed E-state index contributed by atoms with van der Waals surface area (Å²) in [6.45, 7) is 7.07. The summed E-state index contributed by atoms with van der Waals surface area (Å²) < 4.78 is 1.41. The van der Waals surface area contributed by atoms with E-state index in [0.29, 0.717) is 12.2 Å². The van der Waals surface area contributed by atoms with Crippen LogP contribution in [0.1, 0.15) is 33.0 Å². The minimum Gasteiger partial charge on any atom is -0.509 e. The highest BCUT2D eigenvalue weighted by Gasteiger charge is 2.41. The number of imidazole rings is 1. The maximum absolute atomic E-state index is 12.5. The van der Waals surface area contributed by atoms with Gasteiger partial charge in [-0.1, -0.05) is 13.8 Å². The molecule has 1 amide bonds. The fraction of sp³-hybridized carbons (Fsp3) is 0.562. The quantitative estimate of drug-likeness (QED) is 0.455. The predicted octanol–water partition coefficient (Wildman–Crippen LogP) is 1.76. The third kappa shape index (κ3) is 3.54. The SMILES string of the molecule is CC(=O)C1=C(O)C(CC(C)C)N(CCn2c([N+](=O)[O-])cnc2C)C1=O. The van der Waals surface area contributed by atoms with E-state index in [9.17, 15) is 24.8 Å². The van der Waals surface area contributed by atoms with Gasteiger partial charge in [0, 0.05) is 6.92 Å². The number of carbonyl (C=O) groups is 2. The number of aliphatic hydroxyl groups excluding tert-OH is 1. The monoisotopic (exact) mass is 350 g/mol. The van der Waals surface area contributed by atoms with Crippen LogP contribution in [0.15, 0.2) is 17.5 Å². The number of carbonyl (C=O) groups excluding carboxylic acids is 2. The second kappa shape index (κ2) is 7.04. The highest BCUT2D eigenvalue weighted by Crippen LogP contribution is 2.29. The van der Waals surface area contributed by atoms with Crippen LogP contribution >= 0.6 is 0 Å². The minimum atomic E-state index is -0.589. The van der Waals surface area contributed by atoms with Gasteiger partial charge in [-0.15, -0.1) is 0 Å². The maximum atomic E-state index is 12.5. The van der Waals surface area contributed by atoms with Crippen LogP contribution < -0.4 is 0 Å². The molecule has 25 heavy (non-hydrogen) atoms. The Hall–Kier alpha value is -2.71. The van der Waals surface area contributed by atoms with Gasteiger partial charge in [-0.3, -0.25) is 9.59 Å². The fourth-order valence-corrected chi connectivity index (χ4v) is 3.07. The van der Waals surface area contributed by atoms with Crippen molar-refractivity contribution in [1.82, 2.24) is 14.5 Å². The number of rotatable bonds is 7. The van der Waals surface area contributed by atoms with Crippen LogP contribution in [0.5, 0.6) is 0 Å². The largest absolute Gasteiger partial charge is 0.509 e. The Labute approximate surface area is 145 Å². The third-order valence-corrected chi connectivity index (χ3v) is 4.26. The van der Waals surface area contributed by atoms with E-state index in [1.165, 1.54) is 22.6 Å². The molecule has 0 bridgehead atoms. The van der Waals surface area contributed by atoms with Gasteiger partial charge in [0.15, 0.2) is 11.6 Å². The average Bonchev–Trinajstić information content (AvgIpc) is 2.96. The van der Waals surface area contributed by atoms with Crippen molar-refractivity contribution < 1.29 is 19.6 Å². The smallest absolute Gasteiger partial charge is 0.342 e. The van der Waals surface area contributed by atoms with Crippen LogP contribution in [0.4, 0.5) is 5.82 Å². The maximum Gasteiger partial charge on any atom is 0.342 e. The van der Waals surface area contributed by atoms with Crippen molar-refractivity contribution in [3.8, 4) is 0 Å². The average molecular weight is 350 g/mol. The van der Waals surface area contributed by atoms with Gasteiger partial charge >= 0.3 is 5.82 Å². The second-order valence-corrected chi connectivity index (χ2v) is 6.53. The van der Waals surface area contributed by atoms with Gasteiger partial charge < -0.3 is 20.1 Å². The van der Waals surface area contributed by atoms with E-state index in [0.717, 1.165) is 0 Å². The lowest BCUT2D eigenvalue weighted by atomic mass is 10.0. The number of Topliss-reactive ketones (excluding diaryl/α,β-unsaturated/α-hetero) is 1. The van der Waals surface area contributed by atoms with E-state index in [-0.39, 0.29) is 36.2 Å². The predicted molar refractivity (Wildman–Crippen MR) is 88.9 cm³/mol. The number of hydrogen-bond donors (Lipinski definition) is 1. The van der Waals surface area contributed by atoms with E-state index in [1.807, 2.05) is 13.8 Å². The Morgan fingerprint density at radius 1 is 1.44 bits per heavy atom. The van der Waals surface area contributed by atoms with Crippen LogP contribution in [0.25, 0.3) is 0 Å². The molecule has 9 heteroatoms. The van der Waals surface area contributed by atoms with E-state index < -0.39 is 22.7 Å². The Kier molecular flexibility index (Phi) is 5.24. The first-order valence-corrected chi connectivity index (χ1v) is 8.06. The van der Waals surface area contributed by atoms with Gasteiger partial charge in [0.2, 0.25) is 0 Å². The molecule has 136 valence electrons. The zero-order valence-corrected chi connectivity index (χ0v) is 14.7. The van der Waals surface area contributed by atoms with Crippen molar-refractivity contribution in [3.63, 3.8) is 0 Å². The standard InChI is InChI=1S/C16H22N4O5/c1-9(2)7-12-15(22)14(10(3)21)16(23)19(12)6-5-18-11(4)17-8-13(18)20(24)25/h8-9,12,22H,5-7H2,1-4H3. The zero-order valence-electron chi connectivity index (χ0n) is 14.7. The zero-order chi connectivity index (χ0) is 18.9. The summed E-state index contributed by atoms with van der Waals surface area (Å²) in [5, 5.41) is 21.4. The molecule has 0 saturated carbocycles. The first kappa shape index (κ1) is 18.6. The van der Waals surface area contributed by atoms with Gasteiger partial charge in [0.05, 0.1) is 12.6 Å². The summed E-state index contributed by atoms with van der Waals surface area (Å²) in [5.41, 5.74) is -0.192. The second-order valence-electron chi connectivity index (χ2n) is 6.53. The number of amides is 1. The molecule has 1 atom stereocenters. The van der Waals surface area contributed by atoms with Crippen LogP contribution in [-0.2, 0) is 16.1 Å². The summed E-state index contributed by atoms with van der Waals surface area (Å²) in [7, 11) is 0. The molecule has 0 saturated heterocycles. The molecular formula is C16H22N4O5. The number of hydrogen-bond acceptors (Lipinski definition) is 6. The normalized spacial score (nSPS) is 17.7. The van der Waals surface area contributed by atoms with Crippen molar-refractivity contribution in [2.75, 3.05) is 6.54 Å². The molecular weight excluding hydrogens is 328 g/mol. The Bertz CT molecular complexity index is 750. The lowest BCUT2D eigenvalue weighted by Crippen LogP contribution is -2.39. The number of aliphatic hydroxyl groups is 1. The Morgan fingerprint density at radius 3 is 2.60 bits per heavy atom. The summed E-state index contributed by atoms with van der Waals surface area (Å²) in [5.74, 6) is -0.725. The highest BCUT2D eigenvalue weighted by atomic mass is 16.6. The van der Waals surface area contributed by atoms with Crippen LogP contribution in [0.3, 0.4) is 0 Å². The molecule has 2 rings (SSSR count). The molecule has 9 nitrogen and oxygen atoms in total. The molecule has 1 N–H and O–H groups in total. The van der Waals surface area contributed by atoms with Crippen LogP contribution in [0.2, 0.25) is 0 Å². The highest BCUT2D eigenvalue weighted by molar-refractivity contribution is 6.20. The van der Waals surface area contributed by atoms with Crippen molar-refractivity contribution in [1.29, 1.82) is 0 Å². The molecule has 0 aliphatic carbocycles. The molecule has 0 aromatic carbocycles. The lowest BCUT2D eigenvalue weighted by Gasteiger charge is -2.26. The van der Waals surface area contributed by atoms with E-state index >= 15 is 0 Å². The van der Waals surface area contributed by atoms with Gasteiger partial charge in [-0.25, -0.2) is 9.55 Å². The third-order valence-electron chi connectivity index (χ3n) is 4.26. The molecule has 0 radical (unpaired) electrons. The van der Waals surface area contributed by atoms with Crippen molar-refractivity contribution in [3.05, 3.63) is 33.5 Å².